The molecule has 2 aromatic rings. The van der Waals surface area contributed by atoms with E-state index in [9.17, 15) is 0 Å². The average Bonchev–Trinajstić information content (AvgIpc) is 2.93. The van der Waals surface area contributed by atoms with Crippen LogP contribution < -0.4 is 10.6 Å². The van der Waals surface area contributed by atoms with Gasteiger partial charge >= 0.3 is 0 Å². The lowest BCUT2D eigenvalue weighted by atomic mass is 9.99. The third-order valence-corrected chi connectivity index (χ3v) is 5.20. The molecule has 136 valence electrons. The number of para-hydroxylation sites is 1. The Morgan fingerprint density at radius 3 is 2.96 bits per heavy atom. The van der Waals surface area contributed by atoms with Gasteiger partial charge in [0.1, 0.15) is 0 Å². The molecular weight excluding hydrogens is 310 g/mol. The Morgan fingerprint density at radius 1 is 1.32 bits per heavy atom. The van der Waals surface area contributed by atoms with Crippen LogP contribution in [0, 0.1) is 12.8 Å². The highest BCUT2D eigenvalue weighted by Crippen LogP contribution is 2.21. The number of aliphatic imine (C=N–C) groups is 1. The largest absolute Gasteiger partial charge is 0.358 e. The van der Waals surface area contributed by atoms with Crippen molar-refractivity contribution in [3.05, 3.63) is 35.5 Å². The molecule has 1 atom stereocenters. The fourth-order valence-electron chi connectivity index (χ4n) is 3.86. The van der Waals surface area contributed by atoms with Crippen LogP contribution in [0.1, 0.15) is 24.1 Å². The van der Waals surface area contributed by atoms with Gasteiger partial charge in [-0.25, -0.2) is 0 Å². The summed E-state index contributed by atoms with van der Waals surface area (Å²) in [6, 6.07) is 8.52. The number of aromatic nitrogens is 1. The summed E-state index contributed by atoms with van der Waals surface area (Å²) < 4.78 is 0. The highest BCUT2D eigenvalue weighted by Gasteiger charge is 2.17. The number of guanidine groups is 1. The summed E-state index contributed by atoms with van der Waals surface area (Å²) >= 11 is 0. The quantitative estimate of drug-likeness (QED) is 0.579. The summed E-state index contributed by atoms with van der Waals surface area (Å²) in [6.07, 6.45) is 3.60. The first-order valence-corrected chi connectivity index (χ1v) is 9.36. The molecule has 1 aromatic heterocycles. The van der Waals surface area contributed by atoms with Crippen LogP contribution in [0.2, 0.25) is 0 Å². The highest BCUT2D eigenvalue weighted by atomic mass is 15.2. The molecule has 5 nitrogen and oxygen atoms in total. The van der Waals surface area contributed by atoms with Crippen LogP contribution in [0.15, 0.2) is 29.3 Å². The van der Waals surface area contributed by atoms with Crippen molar-refractivity contribution in [2.45, 2.75) is 26.2 Å². The van der Waals surface area contributed by atoms with Crippen molar-refractivity contribution in [1.29, 1.82) is 0 Å². The fraction of sp³-hybridized carbons (Fsp3) is 0.550. The van der Waals surface area contributed by atoms with Crippen LogP contribution in [0.5, 0.6) is 0 Å². The SMILES string of the molecule is CN=C(NCCc1c(C)[nH]c2ccccc12)NCC1CCCN(C)C1. The number of piperidine rings is 1. The van der Waals surface area contributed by atoms with Gasteiger partial charge in [-0.05, 0) is 57.3 Å². The van der Waals surface area contributed by atoms with Crippen molar-refractivity contribution in [2.75, 3.05) is 40.3 Å². The number of H-pyrrole nitrogens is 1. The molecule has 0 radical (unpaired) electrons. The summed E-state index contributed by atoms with van der Waals surface area (Å²) in [6.45, 7) is 6.44. The van der Waals surface area contributed by atoms with E-state index in [1.54, 1.807) is 0 Å². The summed E-state index contributed by atoms with van der Waals surface area (Å²) in [5.74, 6) is 1.62. The summed E-state index contributed by atoms with van der Waals surface area (Å²) in [5.41, 5.74) is 3.88. The van der Waals surface area contributed by atoms with Crippen molar-refractivity contribution < 1.29 is 0 Å². The number of benzene rings is 1. The standard InChI is InChI=1S/C20H31N5/c1-15-17(18-8-4-5-9-19(18)24-15)10-11-22-20(21-2)23-13-16-7-6-12-25(3)14-16/h4-5,8-9,16,24H,6-7,10-14H2,1-3H3,(H2,21,22,23). The Morgan fingerprint density at radius 2 is 2.16 bits per heavy atom. The molecule has 25 heavy (non-hydrogen) atoms. The number of likely N-dealkylation sites (tertiary alicyclic amines) is 1. The molecule has 1 unspecified atom stereocenters. The van der Waals surface area contributed by atoms with E-state index in [0.717, 1.165) is 25.5 Å². The number of nitrogens with one attached hydrogen (secondary N) is 3. The maximum Gasteiger partial charge on any atom is 0.190 e. The highest BCUT2D eigenvalue weighted by molar-refractivity contribution is 5.84. The molecule has 1 aromatic carbocycles. The molecule has 2 heterocycles. The lowest BCUT2D eigenvalue weighted by Gasteiger charge is -2.30. The first kappa shape index (κ1) is 17.8. The maximum atomic E-state index is 4.37. The Bertz CT molecular complexity index is 718. The van der Waals surface area contributed by atoms with Crippen LogP contribution in [0.4, 0.5) is 0 Å². The van der Waals surface area contributed by atoms with Gasteiger partial charge in [0.05, 0.1) is 0 Å². The molecule has 1 saturated heterocycles. The topological polar surface area (TPSA) is 55.5 Å². The van der Waals surface area contributed by atoms with Gasteiger partial charge in [-0.2, -0.15) is 0 Å². The van der Waals surface area contributed by atoms with Gasteiger partial charge < -0.3 is 20.5 Å². The Hall–Kier alpha value is -2.01. The average molecular weight is 342 g/mol. The van der Waals surface area contributed by atoms with Gasteiger partial charge in [-0.3, -0.25) is 4.99 Å². The van der Waals surface area contributed by atoms with Crippen molar-refractivity contribution in [3.63, 3.8) is 0 Å². The van der Waals surface area contributed by atoms with E-state index in [1.807, 2.05) is 7.05 Å². The zero-order valence-corrected chi connectivity index (χ0v) is 15.7. The zero-order chi connectivity index (χ0) is 17.6. The fourth-order valence-corrected chi connectivity index (χ4v) is 3.86. The number of hydrogen-bond acceptors (Lipinski definition) is 2. The monoisotopic (exact) mass is 341 g/mol. The number of nitrogens with zero attached hydrogens (tertiary/aromatic N) is 2. The number of fused-ring (bicyclic) bond motifs is 1. The minimum atomic E-state index is 0.716. The number of aromatic amines is 1. The van der Waals surface area contributed by atoms with Crippen molar-refractivity contribution in [3.8, 4) is 0 Å². The minimum Gasteiger partial charge on any atom is -0.358 e. The van der Waals surface area contributed by atoms with Crippen LogP contribution in [-0.2, 0) is 6.42 Å². The van der Waals surface area contributed by atoms with Gasteiger partial charge in [0, 0.05) is 43.3 Å². The van der Waals surface area contributed by atoms with Gasteiger partial charge in [0.25, 0.3) is 0 Å². The third-order valence-electron chi connectivity index (χ3n) is 5.20. The molecule has 1 aliphatic heterocycles. The van der Waals surface area contributed by atoms with Gasteiger partial charge in [0.2, 0.25) is 0 Å². The first-order valence-electron chi connectivity index (χ1n) is 9.36. The lowest BCUT2D eigenvalue weighted by molar-refractivity contribution is 0.210. The molecule has 0 bridgehead atoms. The number of aryl methyl sites for hydroxylation is 1. The van der Waals surface area contributed by atoms with Crippen molar-refractivity contribution in [1.82, 2.24) is 20.5 Å². The maximum absolute atomic E-state index is 4.37. The van der Waals surface area contributed by atoms with Gasteiger partial charge in [-0.1, -0.05) is 18.2 Å². The molecule has 0 amide bonds. The Balaban J connectivity index is 1.49. The van der Waals surface area contributed by atoms with E-state index in [2.05, 4.69) is 63.7 Å². The summed E-state index contributed by atoms with van der Waals surface area (Å²) in [5, 5.41) is 8.29. The van der Waals surface area contributed by atoms with E-state index in [4.69, 9.17) is 0 Å². The van der Waals surface area contributed by atoms with Crippen LogP contribution >= 0.6 is 0 Å². The second-order valence-electron chi connectivity index (χ2n) is 7.17. The smallest absolute Gasteiger partial charge is 0.190 e. The lowest BCUT2D eigenvalue weighted by Crippen LogP contribution is -2.44. The first-order chi connectivity index (χ1) is 12.2. The van der Waals surface area contributed by atoms with E-state index >= 15 is 0 Å². The summed E-state index contributed by atoms with van der Waals surface area (Å²) in [7, 11) is 4.06. The molecule has 0 aliphatic carbocycles. The molecule has 3 N–H and O–H groups in total. The molecule has 1 aliphatic rings. The predicted octanol–water partition coefficient (Wildman–Crippen LogP) is 2.53. The Labute approximate surface area is 150 Å². The second-order valence-corrected chi connectivity index (χ2v) is 7.17. The van der Waals surface area contributed by atoms with Gasteiger partial charge in [-0.15, -0.1) is 0 Å². The normalized spacial score (nSPS) is 19.3. The third kappa shape index (κ3) is 4.54. The zero-order valence-electron chi connectivity index (χ0n) is 15.7. The second kappa shape index (κ2) is 8.39. The van der Waals surface area contributed by atoms with E-state index in [-0.39, 0.29) is 0 Å². The van der Waals surface area contributed by atoms with Crippen molar-refractivity contribution in [2.24, 2.45) is 10.9 Å². The predicted molar refractivity (Wildman–Crippen MR) is 106 cm³/mol. The molecule has 5 heteroatoms. The molecule has 3 rings (SSSR count). The van der Waals surface area contributed by atoms with E-state index in [1.165, 1.54) is 48.1 Å². The molecule has 1 fully saturated rings. The minimum absolute atomic E-state index is 0.716. The number of hydrogen-bond donors (Lipinski definition) is 3. The van der Waals surface area contributed by atoms with Crippen LogP contribution in [-0.4, -0.2) is 56.1 Å². The molecular formula is C20H31N5. The summed E-state index contributed by atoms with van der Waals surface area (Å²) in [4.78, 5) is 10.3. The van der Waals surface area contributed by atoms with E-state index < -0.39 is 0 Å². The van der Waals surface area contributed by atoms with E-state index in [0.29, 0.717) is 5.92 Å². The van der Waals surface area contributed by atoms with Crippen molar-refractivity contribution >= 4 is 16.9 Å². The van der Waals surface area contributed by atoms with Crippen LogP contribution in [0.25, 0.3) is 10.9 Å². The van der Waals surface area contributed by atoms with Gasteiger partial charge in [0.15, 0.2) is 5.96 Å². The molecule has 0 spiro atoms. The molecule has 0 saturated carbocycles. The number of rotatable bonds is 5. The Kier molecular flexibility index (Phi) is 5.97. The van der Waals surface area contributed by atoms with Crippen LogP contribution in [0.3, 0.4) is 0 Å².